The molecule has 2 atom stereocenters. The number of nitrogens with zero attached hydrogens (tertiary/aromatic N) is 2. The summed E-state index contributed by atoms with van der Waals surface area (Å²) >= 11 is 0. The van der Waals surface area contributed by atoms with Gasteiger partial charge < -0.3 is 54.5 Å². The van der Waals surface area contributed by atoms with Gasteiger partial charge in [0.25, 0.3) is 0 Å². The minimum atomic E-state index is -1.83. The second kappa shape index (κ2) is 18.9. The van der Waals surface area contributed by atoms with E-state index in [1.54, 1.807) is 21.5 Å². The molecule has 0 amide bonds. The van der Waals surface area contributed by atoms with Gasteiger partial charge in [0.1, 0.15) is 0 Å². The van der Waals surface area contributed by atoms with Crippen LogP contribution in [0.5, 0.6) is 0 Å². The summed E-state index contributed by atoms with van der Waals surface area (Å²) in [6.45, 7) is 28.7. The standard InChI is InChI=1S/C23H40N2Si2.6CH3.2Ti/c1-14-15(2)19(6)22(18(14)5)26(9,10)24-13-25-27(11,12)23-20(7)16(3)17(4)21(23)8;;;;;;;;/h14,16H,13H2,1-12H3;6*1H3;;/q-2;6*-1;2*+4. The van der Waals surface area contributed by atoms with Gasteiger partial charge in [0.15, 0.2) is 0 Å². The van der Waals surface area contributed by atoms with Crippen LogP contribution in [0.1, 0.15) is 55.4 Å². The first kappa shape index (κ1) is 52.2. The predicted octanol–water partition coefficient (Wildman–Crippen LogP) is 10.5. The molecule has 2 unspecified atom stereocenters. The zero-order valence-corrected chi connectivity index (χ0v) is 31.9. The Bertz CT molecular complexity index is 712. The van der Waals surface area contributed by atoms with E-state index in [0.717, 1.165) is 0 Å². The summed E-state index contributed by atoms with van der Waals surface area (Å²) < 4.78 is 0. The Morgan fingerprint density at radius 3 is 0.914 bits per heavy atom. The van der Waals surface area contributed by atoms with Crippen molar-refractivity contribution >= 4 is 16.5 Å². The topological polar surface area (TPSA) is 28.2 Å². The van der Waals surface area contributed by atoms with E-state index in [0.29, 0.717) is 18.5 Å². The average Bonchev–Trinajstić information content (AvgIpc) is 2.87. The van der Waals surface area contributed by atoms with Gasteiger partial charge in [0.2, 0.25) is 0 Å². The molecular formula is C29H58N2Si2Ti2. The van der Waals surface area contributed by atoms with Crippen molar-refractivity contribution in [3.63, 3.8) is 0 Å². The fourth-order valence-corrected chi connectivity index (χ4v) is 11.0. The third kappa shape index (κ3) is 10.1. The van der Waals surface area contributed by atoms with Crippen LogP contribution in [0, 0.1) is 56.4 Å². The summed E-state index contributed by atoms with van der Waals surface area (Å²) in [6, 6.07) is 0. The maximum absolute atomic E-state index is 5.23. The monoisotopic (exact) mass is 586 g/mol. The van der Waals surface area contributed by atoms with Crippen molar-refractivity contribution in [1.29, 1.82) is 0 Å². The molecule has 2 aliphatic rings. The van der Waals surface area contributed by atoms with Gasteiger partial charge in [0.05, 0.1) is 0 Å². The molecule has 0 N–H and O–H groups in total. The van der Waals surface area contributed by atoms with Gasteiger partial charge in [-0.1, -0.05) is 83.9 Å². The van der Waals surface area contributed by atoms with Gasteiger partial charge in [-0.15, -0.1) is 0 Å². The molecule has 0 saturated heterocycles. The first-order valence-corrected chi connectivity index (χ1v) is 16.3. The van der Waals surface area contributed by atoms with Crippen LogP contribution >= 0.6 is 0 Å². The Morgan fingerprint density at radius 1 is 0.514 bits per heavy atom. The summed E-state index contributed by atoms with van der Waals surface area (Å²) in [6.07, 6.45) is 0. The summed E-state index contributed by atoms with van der Waals surface area (Å²) in [4.78, 5) is 10.5. The molecule has 0 spiro atoms. The third-order valence-electron chi connectivity index (χ3n) is 7.48. The van der Waals surface area contributed by atoms with E-state index in [-0.39, 0.29) is 88.0 Å². The predicted molar refractivity (Wildman–Crippen MR) is 166 cm³/mol. The molecule has 0 aromatic heterocycles. The van der Waals surface area contributed by atoms with Crippen molar-refractivity contribution in [2.45, 2.75) is 81.6 Å². The molecular weight excluding hydrogens is 528 g/mol. The molecule has 0 aliphatic heterocycles. The summed E-state index contributed by atoms with van der Waals surface area (Å²) in [5.41, 5.74) is 9.13. The maximum Gasteiger partial charge on any atom is 4.00 e. The molecule has 0 saturated carbocycles. The Kier molecular flexibility index (Phi) is 28.2. The smallest absolute Gasteiger partial charge is 0.679 e. The Labute approximate surface area is 256 Å². The van der Waals surface area contributed by atoms with Crippen LogP contribution in [0.15, 0.2) is 43.8 Å². The first-order chi connectivity index (χ1) is 12.2. The molecule has 0 bridgehead atoms. The van der Waals surface area contributed by atoms with E-state index in [1.807, 2.05) is 0 Å². The van der Waals surface area contributed by atoms with Crippen molar-refractivity contribution in [3.8, 4) is 0 Å². The van der Waals surface area contributed by atoms with Gasteiger partial charge in [-0.2, -0.15) is 0 Å². The SMILES string of the molecule is CC1=C(C)C(C)C(C)=C1[Si](C)(C)[N-]C[N-][Si](C)(C)C1=C(C)C(C)C(C)=C1C.[CH3-].[CH3-].[CH3-].[CH3-].[CH3-].[CH3-].[Ti+4].[Ti+4]. The van der Waals surface area contributed by atoms with E-state index < -0.39 is 16.5 Å². The first-order valence-electron chi connectivity index (χ1n) is 10.4. The molecule has 0 fully saturated rings. The van der Waals surface area contributed by atoms with E-state index in [4.69, 9.17) is 9.96 Å². The van der Waals surface area contributed by atoms with Gasteiger partial charge in [-0.05, 0) is 69.8 Å². The van der Waals surface area contributed by atoms with Gasteiger partial charge in [-0.3, -0.25) is 6.67 Å². The van der Waals surface area contributed by atoms with Crippen molar-refractivity contribution in [2.75, 3.05) is 6.67 Å². The molecule has 0 aromatic carbocycles. The van der Waals surface area contributed by atoms with Gasteiger partial charge in [0, 0.05) is 0 Å². The van der Waals surface area contributed by atoms with Crippen molar-refractivity contribution < 1.29 is 43.4 Å². The van der Waals surface area contributed by atoms with Crippen LogP contribution < -0.4 is 0 Å². The molecule has 0 radical (unpaired) electrons. The van der Waals surface area contributed by atoms with E-state index in [9.17, 15) is 0 Å². The van der Waals surface area contributed by atoms with Crippen LogP contribution in [0.4, 0.5) is 0 Å². The van der Waals surface area contributed by atoms with Gasteiger partial charge in [-0.25, -0.2) is 0 Å². The third-order valence-corrected chi connectivity index (χ3v) is 13.3. The van der Waals surface area contributed by atoms with Crippen molar-refractivity contribution in [2.24, 2.45) is 11.8 Å². The Balaban J connectivity index is -0.000000196. The second-order valence-electron chi connectivity index (χ2n) is 9.75. The largest absolute Gasteiger partial charge is 4.00 e. The number of allylic oxidation sites excluding steroid dienone is 8. The molecule has 200 valence electrons. The Hall–Kier alpha value is 0.742. The molecule has 2 rings (SSSR count). The minimum Gasteiger partial charge on any atom is -0.679 e. The van der Waals surface area contributed by atoms with Crippen LogP contribution in [-0.2, 0) is 43.4 Å². The maximum atomic E-state index is 5.23. The van der Waals surface area contributed by atoms with Crippen LogP contribution in [0.25, 0.3) is 9.96 Å². The fraction of sp³-hybridized carbons (Fsp3) is 0.517. The quantitative estimate of drug-likeness (QED) is 0.219. The van der Waals surface area contributed by atoms with Crippen LogP contribution in [0.3, 0.4) is 0 Å². The molecule has 35 heavy (non-hydrogen) atoms. The molecule has 0 aromatic rings. The molecule has 0 heterocycles. The fourth-order valence-electron chi connectivity index (χ4n) is 5.15. The zero-order valence-electron chi connectivity index (χ0n) is 26.8. The number of hydrogen-bond donors (Lipinski definition) is 0. The summed E-state index contributed by atoms with van der Waals surface area (Å²) in [5.74, 6) is 1.15. The summed E-state index contributed by atoms with van der Waals surface area (Å²) in [7, 11) is -3.67. The number of hydrogen-bond acceptors (Lipinski definition) is 0. The van der Waals surface area contributed by atoms with E-state index in [2.05, 4.69) is 81.6 Å². The average molecular weight is 587 g/mol. The number of rotatable bonds is 6. The second-order valence-corrected chi connectivity index (χ2v) is 17.6. The summed E-state index contributed by atoms with van der Waals surface area (Å²) in [5, 5.41) is 3.14. The normalized spacial score (nSPS) is 19.2. The molecule has 2 nitrogen and oxygen atoms in total. The molecule has 6 heteroatoms. The van der Waals surface area contributed by atoms with Crippen molar-refractivity contribution in [3.05, 3.63) is 98.4 Å². The van der Waals surface area contributed by atoms with E-state index in [1.165, 1.54) is 22.3 Å². The van der Waals surface area contributed by atoms with Crippen LogP contribution in [-0.4, -0.2) is 23.1 Å². The van der Waals surface area contributed by atoms with Crippen LogP contribution in [0.2, 0.25) is 26.2 Å². The van der Waals surface area contributed by atoms with E-state index >= 15 is 0 Å². The van der Waals surface area contributed by atoms with Crippen molar-refractivity contribution in [1.82, 2.24) is 0 Å². The Morgan fingerprint density at radius 2 is 0.743 bits per heavy atom. The molecule has 2 aliphatic carbocycles. The zero-order chi connectivity index (χ0) is 20.9. The minimum absolute atomic E-state index is 0. The van der Waals surface area contributed by atoms with Gasteiger partial charge >= 0.3 is 43.4 Å².